The van der Waals surface area contributed by atoms with E-state index < -0.39 is 45.1 Å². The van der Waals surface area contributed by atoms with Gasteiger partial charge in [0.25, 0.3) is 5.56 Å². The molecule has 0 radical (unpaired) electrons. The molecule has 1 amide bonds. The summed E-state index contributed by atoms with van der Waals surface area (Å²) in [6.45, 7) is 1.44. The monoisotopic (exact) mass is 379 g/mol. The van der Waals surface area contributed by atoms with Crippen molar-refractivity contribution in [1.29, 1.82) is 0 Å². The summed E-state index contributed by atoms with van der Waals surface area (Å²) in [4.78, 5) is 28.9. The van der Waals surface area contributed by atoms with E-state index in [1.54, 1.807) is 0 Å². The van der Waals surface area contributed by atoms with Crippen LogP contribution in [0.15, 0.2) is 10.9 Å². The van der Waals surface area contributed by atoms with Crippen molar-refractivity contribution in [2.24, 2.45) is 0 Å². The molecule has 140 valence electrons. The number of amides is 1. The molecule has 0 bridgehead atoms. The van der Waals surface area contributed by atoms with Crippen LogP contribution in [0.25, 0.3) is 0 Å². The Morgan fingerprint density at radius 1 is 1.40 bits per heavy atom. The standard InChI is InChI=1S/C15H20F3N3O3S/c1-9(14(23)19-10-5-3-2-4-6-10)25(24)8-12-20-11(15(16,17)18)7-13(22)21-12/h7,9-10H,2-6,8H2,1H3,(H,19,23)(H,20,21,22). The lowest BCUT2D eigenvalue weighted by atomic mass is 9.95. The highest BCUT2D eigenvalue weighted by Gasteiger charge is 2.34. The van der Waals surface area contributed by atoms with Crippen molar-refractivity contribution in [2.45, 2.75) is 62.2 Å². The van der Waals surface area contributed by atoms with Crippen LogP contribution in [-0.4, -0.2) is 31.4 Å². The molecule has 2 atom stereocenters. The Kier molecular flexibility index (Phi) is 6.36. The molecular weight excluding hydrogens is 359 g/mol. The van der Waals surface area contributed by atoms with Gasteiger partial charge in [-0.05, 0) is 19.8 Å². The lowest BCUT2D eigenvalue weighted by molar-refractivity contribution is -0.141. The van der Waals surface area contributed by atoms with Crippen LogP contribution in [0.2, 0.25) is 0 Å². The topological polar surface area (TPSA) is 91.9 Å². The Labute approximate surface area is 145 Å². The van der Waals surface area contributed by atoms with Crippen LogP contribution in [-0.2, 0) is 27.5 Å². The quantitative estimate of drug-likeness (QED) is 0.817. The Hall–Kier alpha value is -1.71. The third-order valence-corrected chi connectivity index (χ3v) is 5.64. The van der Waals surface area contributed by atoms with Crippen molar-refractivity contribution >= 4 is 16.7 Å². The number of carbonyl (C=O) groups excluding carboxylic acids is 1. The number of nitrogens with one attached hydrogen (secondary N) is 2. The third kappa shape index (κ3) is 5.65. The number of aromatic amines is 1. The van der Waals surface area contributed by atoms with Gasteiger partial charge in [-0.1, -0.05) is 19.3 Å². The van der Waals surface area contributed by atoms with Crippen LogP contribution < -0.4 is 10.9 Å². The van der Waals surface area contributed by atoms with Crippen LogP contribution in [0.4, 0.5) is 13.2 Å². The lowest BCUT2D eigenvalue weighted by Crippen LogP contribution is -2.43. The highest BCUT2D eigenvalue weighted by atomic mass is 32.2. The molecule has 1 saturated carbocycles. The summed E-state index contributed by atoms with van der Waals surface area (Å²) in [5, 5.41) is 1.91. The first kappa shape index (κ1) is 19.6. The number of hydrogen-bond acceptors (Lipinski definition) is 4. The van der Waals surface area contributed by atoms with Crippen LogP contribution in [0.1, 0.15) is 50.5 Å². The van der Waals surface area contributed by atoms with E-state index in [2.05, 4.69) is 15.3 Å². The Balaban J connectivity index is 2.02. The molecule has 6 nitrogen and oxygen atoms in total. The zero-order valence-electron chi connectivity index (χ0n) is 13.7. The third-order valence-electron chi connectivity index (χ3n) is 4.08. The minimum atomic E-state index is -4.77. The summed E-state index contributed by atoms with van der Waals surface area (Å²) in [5.41, 5.74) is -2.32. The fraction of sp³-hybridized carbons (Fsp3) is 0.667. The van der Waals surface area contributed by atoms with Crippen LogP contribution in [0, 0.1) is 0 Å². The molecule has 1 aliphatic rings. The van der Waals surface area contributed by atoms with Gasteiger partial charge in [-0.25, -0.2) is 4.98 Å². The minimum Gasteiger partial charge on any atom is -0.352 e. The second-order valence-electron chi connectivity index (χ2n) is 6.09. The van der Waals surface area contributed by atoms with E-state index in [9.17, 15) is 27.0 Å². The van der Waals surface area contributed by atoms with Gasteiger partial charge in [-0.15, -0.1) is 0 Å². The van der Waals surface area contributed by atoms with E-state index in [1.807, 2.05) is 0 Å². The SMILES string of the molecule is CC(C(=O)NC1CCCCC1)S(=O)Cc1nc(C(F)(F)F)cc(=O)[nH]1. The van der Waals surface area contributed by atoms with Gasteiger partial charge in [0.15, 0.2) is 5.69 Å². The van der Waals surface area contributed by atoms with E-state index in [4.69, 9.17) is 0 Å². The molecule has 10 heteroatoms. The van der Waals surface area contributed by atoms with E-state index in [0.29, 0.717) is 6.07 Å². The normalized spacial score (nSPS) is 18.6. The predicted molar refractivity (Wildman–Crippen MR) is 86.2 cm³/mol. The lowest BCUT2D eigenvalue weighted by Gasteiger charge is -2.24. The van der Waals surface area contributed by atoms with Crippen molar-refractivity contribution in [1.82, 2.24) is 15.3 Å². The average Bonchev–Trinajstić information content (AvgIpc) is 2.53. The minimum absolute atomic E-state index is 0.0483. The first-order chi connectivity index (χ1) is 11.7. The number of nitrogens with zero attached hydrogens (tertiary/aromatic N) is 1. The summed E-state index contributed by atoms with van der Waals surface area (Å²) in [6.07, 6.45) is 0.147. The maximum absolute atomic E-state index is 12.7. The number of H-pyrrole nitrogens is 1. The van der Waals surface area contributed by atoms with Crippen LogP contribution in [0.3, 0.4) is 0 Å². The van der Waals surface area contributed by atoms with Crippen molar-refractivity contribution in [3.05, 3.63) is 27.9 Å². The molecule has 1 aromatic heterocycles. The Bertz CT molecular complexity index is 699. The van der Waals surface area contributed by atoms with Gasteiger partial charge >= 0.3 is 6.18 Å². The summed E-state index contributed by atoms with van der Waals surface area (Å²) < 4.78 is 50.3. The number of hydrogen-bond donors (Lipinski definition) is 2. The predicted octanol–water partition coefficient (Wildman–Crippen LogP) is 1.87. The first-order valence-corrected chi connectivity index (χ1v) is 9.40. The fourth-order valence-electron chi connectivity index (χ4n) is 2.67. The van der Waals surface area contributed by atoms with E-state index in [0.717, 1.165) is 32.1 Å². The zero-order chi connectivity index (χ0) is 18.6. The Morgan fingerprint density at radius 3 is 2.64 bits per heavy atom. The van der Waals surface area contributed by atoms with Gasteiger partial charge in [0.1, 0.15) is 11.1 Å². The Morgan fingerprint density at radius 2 is 2.04 bits per heavy atom. The van der Waals surface area contributed by atoms with E-state index in [1.165, 1.54) is 6.92 Å². The molecule has 2 unspecified atom stereocenters. The zero-order valence-corrected chi connectivity index (χ0v) is 14.5. The molecule has 0 spiro atoms. The summed E-state index contributed by atoms with van der Waals surface area (Å²) >= 11 is 0. The summed E-state index contributed by atoms with van der Waals surface area (Å²) in [7, 11) is -1.81. The number of alkyl halides is 3. The number of aromatic nitrogens is 2. The molecule has 0 aromatic carbocycles. The van der Waals surface area contributed by atoms with Gasteiger partial charge in [-0.3, -0.25) is 13.8 Å². The maximum Gasteiger partial charge on any atom is 0.433 e. The largest absolute Gasteiger partial charge is 0.433 e. The highest BCUT2D eigenvalue weighted by molar-refractivity contribution is 7.85. The van der Waals surface area contributed by atoms with E-state index >= 15 is 0 Å². The molecule has 1 heterocycles. The molecule has 1 fully saturated rings. The van der Waals surface area contributed by atoms with E-state index in [-0.39, 0.29) is 11.9 Å². The second kappa shape index (κ2) is 8.11. The summed E-state index contributed by atoms with van der Waals surface area (Å²) in [5.74, 6) is -1.19. The van der Waals surface area contributed by atoms with Crippen molar-refractivity contribution in [3.8, 4) is 0 Å². The number of rotatable bonds is 5. The maximum atomic E-state index is 12.7. The fourth-order valence-corrected chi connectivity index (χ4v) is 3.63. The van der Waals surface area contributed by atoms with Crippen molar-refractivity contribution in [3.63, 3.8) is 0 Å². The smallest absolute Gasteiger partial charge is 0.352 e. The molecule has 25 heavy (non-hydrogen) atoms. The molecule has 2 N–H and O–H groups in total. The van der Waals surface area contributed by atoms with Crippen molar-refractivity contribution in [2.75, 3.05) is 0 Å². The first-order valence-electron chi connectivity index (χ1n) is 8.02. The molecular formula is C15H20F3N3O3S. The second-order valence-corrected chi connectivity index (χ2v) is 7.84. The van der Waals surface area contributed by atoms with Gasteiger partial charge in [0.2, 0.25) is 5.91 Å². The number of halogens is 3. The van der Waals surface area contributed by atoms with Gasteiger partial charge in [-0.2, -0.15) is 13.2 Å². The van der Waals surface area contributed by atoms with Crippen LogP contribution >= 0.6 is 0 Å². The molecule has 2 rings (SSSR count). The summed E-state index contributed by atoms with van der Waals surface area (Å²) in [6, 6.07) is 0.387. The average molecular weight is 379 g/mol. The molecule has 0 aliphatic heterocycles. The van der Waals surface area contributed by atoms with Crippen molar-refractivity contribution < 1.29 is 22.2 Å². The van der Waals surface area contributed by atoms with Gasteiger partial charge < -0.3 is 10.3 Å². The molecule has 1 aliphatic carbocycles. The van der Waals surface area contributed by atoms with Gasteiger partial charge in [0.05, 0.1) is 5.75 Å². The van der Waals surface area contributed by atoms with Gasteiger partial charge in [0, 0.05) is 22.9 Å². The molecule has 1 aromatic rings. The van der Waals surface area contributed by atoms with Crippen LogP contribution in [0.5, 0.6) is 0 Å². The highest BCUT2D eigenvalue weighted by Crippen LogP contribution is 2.26. The number of carbonyl (C=O) groups is 1. The molecule has 0 saturated heterocycles.